The number of fused-ring (bicyclic) bond motifs is 1. The molecule has 0 fully saturated rings. The summed E-state index contributed by atoms with van der Waals surface area (Å²) in [4.78, 5) is 7.88. The molecule has 0 aliphatic carbocycles. The summed E-state index contributed by atoms with van der Waals surface area (Å²) in [6, 6.07) is 21.2. The number of hydrogen-bond acceptors (Lipinski definition) is 4. The van der Waals surface area contributed by atoms with Crippen LogP contribution in [-0.2, 0) is 0 Å². The van der Waals surface area contributed by atoms with Gasteiger partial charge in [-0.05, 0) is 66.6 Å². The molecule has 0 radical (unpaired) electrons. The quantitative estimate of drug-likeness (QED) is 0.344. The Kier molecular flexibility index (Phi) is 5.08. The molecule has 0 bridgehead atoms. The smallest absolute Gasteiger partial charge is 0.201 e. The molecule has 1 unspecified atom stereocenters. The zero-order valence-corrected chi connectivity index (χ0v) is 16.2. The van der Waals surface area contributed by atoms with Crippen LogP contribution in [-0.4, -0.2) is 9.97 Å². The Bertz CT molecular complexity index is 1070. The molecule has 5 nitrogen and oxygen atoms in total. The van der Waals surface area contributed by atoms with E-state index in [1.165, 1.54) is 0 Å². The molecule has 0 aliphatic heterocycles. The van der Waals surface area contributed by atoms with Crippen molar-refractivity contribution in [3.63, 3.8) is 0 Å². The molecular weight excluding hydrogens is 372 g/mol. The molecule has 1 aromatic heterocycles. The number of aromatic amines is 1. The number of rotatable bonds is 6. The third kappa shape index (κ3) is 4.05. The van der Waals surface area contributed by atoms with Gasteiger partial charge in [-0.25, -0.2) is 4.98 Å². The molecular formula is C22H21ClN4O. The normalized spacial score (nSPS) is 12.1. The number of nitrogens with two attached hydrogens (primary N) is 1. The molecule has 142 valence electrons. The lowest BCUT2D eigenvalue weighted by atomic mass is 10.0. The minimum Gasteiger partial charge on any atom is -0.457 e. The first-order valence-electron chi connectivity index (χ1n) is 9.16. The Labute approximate surface area is 168 Å². The fourth-order valence-corrected chi connectivity index (χ4v) is 3.21. The fraction of sp³-hybridized carbons (Fsp3) is 0.136. The number of halogens is 1. The molecule has 3 aromatic carbocycles. The van der Waals surface area contributed by atoms with Crippen molar-refractivity contribution in [1.29, 1.82) is 0 Å². The van der Waals surface area contributed by atoms with Crippen LogP contribution >= 0.6 is 11.6 Å². The van der Waals surface area contributed by atoms with Gasteiger partial charge in [0.1, 0.15) is 11.5 Å². The average molecular weight is 393 g/mol. The summed E-state index contributed by atoms with van der Waals surface area (Å²) in [6.07, 6.45) is 0.913. The van der Waals surface area contributed by atoms with E-state index in [9.17, 15) is 0 Å². The van der Waals surface area contributed by atoms with Crippen LogP contribution in [0.3, 0.4) is 0 Å². The third-order valence-corrected chi connectivity index (χ3v) is 4.81. The van der Waals surface area contributed by atoms with Crippen molar-refractivity contribution in [2.24, 2.45) is 0 Å². The highest BCUT2D eigenvalue weighted by Gasteiger charge is 2.12. The maximum absolute atomic E-state index is 5.91. The Hall–Kier alpha value is -3.18. The van der Waals surface area contributed by atoms with Crippen LogP contribution in [0.5, 0.6) is 11.5 Å². The Balaban J connectivity index is 1.48. The van der Waals surface area contributed by atoms with E-state index >= 15 is 0 Å². The van der Waals surface area contributed by atoms with Gasteiger partial charge in [0.05, 0.1) is 17.1 Å². The highest BCUT2D eigenvalue weighted by atomic mass is 35.5. The van der Waals surface area contributed by atoms with Crippen molar-refractivity contribution in [2.75, 3.05) is 11.1 Å². The summed E-state index contributed by atoms with van der Waals surface area (Å²) >= 11 is 5.91. The number of benzene rings is 3. The van der Waals surface area contributed by atoms with E-state index in [0.717, 1.165) is 40.5 Å². The summed E-state index contributed by atoms with van der Waals surface area (Å²) in [7, 11) is 0. The number of nitrogens with zero attached hydrogens (tertiary/aromatic N) is 1. The summed E-state index contributed by atoms with van der Waals surface area (Å²) in [5, 5.41) is 4.15. The highest BCUT2D eigenvalue weighted by molar-refractivity contribution is 6.30. The minimum atomic E-state index is 0.127. The third-order valence-electron chi connectivity index (χ3n) is 4.56. The van der Waals surface area contributed by atoms with E-state index in [2.05, 4.69) is 34.3 Å². The number of hydrogen-bond donors (Lipinski definition) is 3. The highest BCUT2D eigenvalue weighted by Crippen LogP contribution is 2.27. The predicted molar refractivity (Wildman–Crippen MR) is 115 cm³/mol. The van der Waals surface area contributed by atoms with E-state index in [1.807, 2.05) is 54.6 Å². The monoisotopic (exact) mass is 392 g/mol. The largest absolute Gasteiger partial charge is 0.457 e. The van der Waals surface area contributed by atoms with Crippen LogP contribution in [0.2, 0.25) is 5.02 Å². The summed E-state index contributed by atoms with van der Waals surface area (Å²) < 4.78 is 5.86. The average Bonchev–Trinajstić information content (AvgIpc) is 3.10. The first-order valence-corrected chi connectivity index (χ1v) is 9.53. The number of anilines is 2. The van der Waals surface area contributed by atoms with Crippen molar-refractivity contribution in [2.45, 2.75) is 19.4 Å². The van der Waals surface area contributed by atoms with Gasteiger partial charge < -0.3 is 20.8 Å². The van der Waals surface area contributed by atoms with Crippen LogP contribution in [0.25, 0.3) is 11.0 Å². The van der Waals surface area contributed by atoms with Gasteiger partial charge >= 0.3 is 0 Å². The Morgan fingerprint density at radius 1 is 1.04 bits per heavy atom. The van der Waals surface area contributed by atoms with Crippen molar-refractivity contribution in [1.82, 2.24) is 9.97 Å². The van der Waals surface area contributed by atoms with Gasteiger partial charge in [0, 0.05) is 10.7 Å². The molecule has 4 rings (SSSR count). The van der Waals surface area contributed by atoms with Crippen molar-refractivity contribution >= 4 is 34.3 Å². The maximum atomic E-state index is 5.91. The minimum absolute atomic E-state index is 0.127. The lowest BCUT2D eigenvalue weighted by Crippen LogP contribution is -2.10. The molecule has 28 heavy (non-hydrogen) atoms. The van der Waals surface area contributed by atoms with E-state index < -0.39 is 0 Å². The van der Waals surface area contributed by atoms with Gasteiger partial charge in [-0.3, -0.25) is 0 Å². The molecule has 6 heteroatoms. The molecule has 0 saturated heterocycles. The van der Waals surface area contributed by atoms with Crippen LogP contribution < -0.4 is 15.8 Å². The van der Waals surface area contributed by atoms with Gasteiger partial charge in [0.2, 0.25) is 5.95 Å². The van der Waals surface area contributed by atoms with Crippen molar-refractivity contribution in [3.05, 3.63) is 77.3 Å². The second kappa shape index (κ2) is 7.82. The number of nitrogen functional groups attached to an aromatic ring is 1. The van der Waals surface area contributed by atoms with E-state index in [0.29, 0.717) is 10.7 Å². The topological polar surface area (TPSA) is 76.0 Å². The lowest BCUT2D eigenvalue weighted by Gasteiger charge is -2.17. The molecule has 1 atom stereocenters. The summed E-state index contributed by atoms with van der Waals surface area (Å²) in [5.41, 5.74) is 9.50. The number of ether oxygens (including phenoxy) is 1. The number of nitrogens with one attached hydrogen (secondary N) is 2. The summed E-state index contributed by atoms with van der Waals surface area (Å²) in [5.74, 6) is 2.26. The first kappa shape index (κ1) is 18.2. The summed E-state index contributed by atoms with van der Waals surface area (Å²) in [6.45, 7) is 2.14. The second-order valence-electron chi connectivity index (χ2n) is 6.59. The van der Waals surface area contributed by atoms with Gasteiger partial charge in [-0.15, -0.1) is 0 Å². The Morgan fingerprint density at radius 3 is 2.39 bits per heavy atom. The van der Waals surface area contributed by atoms with Gasteiger partial charge in [-0.1, -0.05) is 30.7 Å². The fourth-order valence-electron chi connectivity index (χ4n) is 3.08. The van der Waals surface area contributed by atoms with Gasteiger partial charge in [0.25, 0.3) is 0 Å². The molecule has 0 spiro atoms. The van der Waals surface area contributed by atoms with E-state index in [4.69, 9.17) is 22.1 Å². The standard InChI is InChI=1S/C22H21ClN4O/c1-2-19(25-22-26-20-12-7-16(24)13-21(20)27-22)14-3-8-17(9-4-14)28-18-10-5-15(23)6-11-18/h3-13,19H,2,24H2,1H3,(H2,25,26,27). The second-order valence-corrected chi connectivity index (χ2v) is 7.03. The molecule has 4 aromatic rings. The molecule has 1 heterocycles. The number of H-pyrrole nitrogens is 1. The van der Waals surface area contributed by atoms with Crippen molar-refractivity contribution in [3.8, 4) is 11.5 Å². The zero-order valence-electron chi connectivity index (χ0n) is 15.4. The van der Waals surface area contributed by atoms with Gasteiger partial charge in [0.15, 0.2) is 0 Å². The molecule has 4 N–H and O–H groups in total. The lowest BCUT2D eigenvalue weighted by molar-refractivity contribution is 0.482. The first-order chi connectivity index (χ1) is 13.6. The van der Waals surface area contributed by atoms with Crippen molar-refractivity contribution < 1.29 is 4.74 Å². The van der Waals surface area contributed by atoms with E-state index in [-0.39, 0.29) is 6.04 Å². The van der Waals surface area contributed by atoms with Crippen LogP contribution in [0.15, 0.2) is 66.7 Å². The zero-order chi connectivity index (χ0) is 19.5. The molecule has 0 saturated carbocycles. The Morgan fingerprint density at radius 2 is 1.71 bits per heavy atom. The predicted octanol–water partition coefficient (Wildman–Crippen LogP) is 6.15. The number of aromatic nitrogens is 2. The van der Waals surface area contributed by atoms with Crippen LogP contribution in [0, 0.1) is 0 Å². The van der Waals surface area contributed by atoms with Crippen LogP contribution in [0.4, 0.5) is 11.6 Å². The molecule has 0 aliphatic rings. The maximum Gasteiger partial charge on any atom is 0.201 e. The van der Waals surface area contributed by atoms with E-state index in [1.54, 1.807) is 0 Å². The SMILES string of the molecule is CCC(Nc1nc2cc(N)ccc2[nH]1)c1ccc(Oc2ccc(Cl)cc2)cc1. The number of imidazole rings is 1. The van der Waals surface area contributed by atoms with Gasteiger partial charge in [-0.2, -0.15) is 0 Å². The molecule has 0 amide bonds. The van der Waals surface area contributed by atoms with Crippen LogP contribution in [0.1, 0.15) is 24.9 Å².